The molecule has 1 N–H and O–H groups in total. The molecule has 1 unspecified atom stereocenters. The third-order valence-electron chi connectivity index (χ3n) is 3.87. The maximum atomic E-state index is 13.4. The molecule has 0 saturated heterocycles. The predicted octanol–water partition coefficient (Wildman–Crippen LogP) is 3.49. The van der Waals surface area contributed by atoms with Crippen molar-refractivity contribution in [2.24, 2.45) is 0 Å². The highest BCUT2D eigenvalue weighted by atomic mass is 19.1. The maximum absolute atomic E-state index is 13.4. The van der Waals surface area contributed by atoms with Gasteiger partial charge in [-0.2, -0.15) is 0 Å². The molecule has 0 aliphatic heterocycles. The Morgan fingerprint density at radius 1 is 1.25 bits per heavy atom. The number of rotatable bonds is 8. The van der Waals surface area contributed by atoms with E-state index in [0.29, 0.717) is 11.6 Å². The first-order chi connectivity index (χ1) is 9.60. The largest absolute Gasteiger partial charge is 0.310 e. The van der Waals surface area contributed by atoms with Gasteiger partial charge in [0.2, 0.25) is 0 Å². The minimum Gasteiger partial charge on any atom is -0.310 e. The van der Waals surface area contributed by atoms with Crippen molar-refractivity contribution >= 4 is 0 Å². The first-order valence-electron chi connectivity index (χ1n) is 7.49. The average Bonchev–Trinajstić information content (AvgIpc) is 3.21. The second kappa shape index (κ2) is 7.14. The van der Waals surface area contributed by atoms with Crippen molar-refractivity contribution in [1.82, 2.24) is 10.2 Å². The Bertz CT molecular complexity index is 412. The van der Waals surface area contributed by atoms with E-state index in [1.165, 1.54) is 25.0 Å². The molecule has 112 valence electrons. The van der Waals surface area contributed by atoms with E-state index in [1.807, 2.05) is 0 Å². The quantitative estimate of drug-likeness (QED) is 0.785. The van der Waals surface area contributed by atoms with Crippen molar-refractivity contribution in [3.63, 3.8) is 0 Å². The van der Waals surface area contributed by atoms with Gasteiger partial charge in [0.15, 0.2) is 0 Å². The van der Waals surface area contributed by atoms with E-state index in [4.69, 9.17) is 0 Å². The standard InChI is InChI=1S/C16H24F2N2/c1-3-7-19-16(6-8-20(2)15-4-5-15)12-9-13(17)11-14(18)10-12/h9-11,15-16,19H,3-8H2,1-2H3. The molecule has 1 aromatic carbocycles. The molecular weight excluding hydrogens is 258 g/mol. The summed E-state index contributed by atoms with van der Waals surface area (Å²) in [5.41, 5.74) is 0.708. The molecule has 1 aliphatic rings. The second-order valence-electron chi connectivity index (χ2n) is 5.71. The normalized spacial score (nSPS) is 16.6. The summed E-state index contributed by atoms with van der Waals surface area (Å²) in [6.07, 6.45) is 4.43. The van der Waals surface area contributed by atoms with Crippen molar-refractivity contribution in [3.8, 4) is 0 Å². The van der Waals surface area contributed by atoms with Crippen LogP contribution in [0.15, 0.2) is 18.2 Å². The molecule has 1 saturated carbocycles. The molecule has 1 aliphatic carbocycles. The minimum absolute atomic E-state index is 0.0151. The van der Waals surface area contributed by atoms with E-state index in [0.717, 1.165) is 32.0 Å². The Kier molecular flexibility index (Phi) is 5.49. The SMILES string of the molecule is CCCNC(CCN(C)C1CC1)c1cc(F)cc(F)c1. The number of nitrogens with zero attached hydrogens (tertiary/aromatic N) is 1. The van der Waals surface area contributed by atoms with Crippen LogP contribution in [0.2, 0.25) is 0 Å². The molecule has 0 amide bonds. The van der Waals surface area contributed by atoms with Crippen molar-refractivity contribution in [3.05, 3.63) is 35.4 Å². The van der Waals surface area contributed by atoms with Gasteiger partial charge in [-0.05, 0) is 63.5 Å². The molecule has 0 heterocycles. The summed E-state index contributed by atoms with van der Waals surface area (Å²) in [6, 6.07) is 4.53. The first-order valence-corrected chi connectivity index (χ1v) is 7.49. The average molecular weight is 282 g/mol. The van der Waals surface area contributed by atoms with Crippen LogP contribution < -0.4 is 5.32 Å². The lowest BCUT2D eigenvalue weighted by Crippen LogP contribution is -2.29. The van der Waals surface area contributed by atoms with Crippen LogP contribution in [0, 0.1) is 11.6 Å². The van der Waals surface area contributed by atoms with E-state index < -0.39 is 11.6 Å². The molecule has 2 nitrogen and oxygen atoms in total. The fourth-order valence-corrected chi connectivity index (χ4v) is 2.51. The highest BCUT2D eigenvalue weighted by molar-refractivity contribution is 5.21. The third kappa shape index (κ3) is 4.53. The van der Waals surface area contributed by atoms with Gasteiger partial charge in [-0.25, -0.2) is 8.78 Å². The van der Waals surface area contributed by atoms with E-state index >= 15 is 0 Å². The number of halogens is 2. The van der Waals surface area contributed by atoms with Gasteiger partial charge in [-0.1, -0.05) is 6.92 Å². The summed E-state index contributed by atoms with van der Waals surface area (Å²) in [4.78, 5) is 2.34. The van der Waals surface area contributed by atoms with Gasteiger partial charge in [0.05, 0.1) is 0 Å². The summed E-state index contributed by atoms with van der Waals surface area (Å²) < 4.78 is 26.7. The number of nitrogens with one attached hydrogen (secondary N) is 1. The van der Waals surface area contributed by atoms with Crippen molar-refractivity contribution in [2.75, 3.05) is 20.1 Å². The molecule has 0 bridgehead atoms. The van der Waals surface area contributed by atoms with Crippen molar-refractivity contribution < 1.29 is 8.78 Å². The molecule has 1 fully saturated rings. The van der Waals surface area contributed by atoms with Crippen LogP contribution >= 0.6 is 0 Å². The highest BCUT2D eigenvalue weighted by Gasteiger charge is 2.26. The van der Waals surface area contributed by atoms with Gasteiger partial charge in [-0.3, -0.25) is 0 Å². The Morgan fingerprint density at radius 3 is 2.45 bits per heavy atom. The highest BCUT2D eigenvalue weighted by Crippen LogP contribution is 2.27. The molecule has 4 heteroatoms. The zero-order valence-corrected chi connectivity index (χ0v) is 12.3. The van der Waals surface area contributed by atoms with E-state index in [2.05, 4.69) is 24.2 Å². The van der Waals surface area contributed by atoms with E-state index in [-0.39, 0.29) is 6.04 Å². The Balaban J connectivity index is 2.00. The fraction of sp³-hybridized carbons (Fsp3) is 0.625. The molecule has 20 heavy (non-hydrogen) atoms. The van der Waals surface area contributed by atoms with Crippen LogP contribution in [0.25, 0.3) is 0 Å². The zero-order chi connectivity index (χ0) is 14.5. The van der Waals surface area contributed by atoms with Crippen molar-refractivity contribution in [2.45, 2.75) is 44.7 Å². The van der Waals surface area contributed by atoms with Crippen LogP contribution in [0.5, 0.6) is 0 Å². The number of hydrogen-bond donors (Lipinski definition) is 1. The molecule has 0 radical (unpaired) electrons. The zero-order valence-electron chi connectivity index (χ0n) is 12.3. The van der Waals surface area contributed by atoms with Gasteiger partial charge in [-0.15, -0.1) is 0 Å². The molecule has 0 aromatic heterocycles. The lowest BCUT2D eigenvalue weighted by atomic mass is 10.0. The van der Waals surface area contributed by atoms with Crippen LogP contribution in [0.1, 0.15) is 44.2 Å². The first kappa shape index (κ1) is 15.4. The number of hydrogen-bond acceptors (Lipinski definition) is 2. The third-order valence-corrected chi connectivity index (χ3v) is 3.87. The summed E-state index contributed by atoms with van der Waals surface area (Å²) in [5, 5.41) is 3.39. The van der Waals surface area contributed by atoms with Crippen LogP contribution in [0.3, 0.4) is 0 Å². The topological polar surface area (TPSA) is 15.3 Å². The lowest BCUT2D eigenvalue weighted by molar-refractivity contribution is 0.298. The monoisotopic (exact) mass is 282 g/mol. The molecule has 2 rings (SSSR count). The summed E-state index contributed by atoms with van der Waals surface area (Å²) >= 11 is 0. The van der Waals surface area contributed by atoms with E-state index in [1.54, 1.807) is 0 Å². The lowest BCUT2D eigenvalue weighted by Gasteiger charge is -2.23. The fourth-order valence-electron chi connectivity index (χ4n) is 2.51. The Morgan fingerprint density at radius 2 is 1.90 bits per heavy atom. The smallest absolute Gasteiger partial charge is 0.126 e. The number of benzene rings is 1. The van der Waals surface area contributed by atoms with Gasteiger partial charge in [0.25, 0.3) is 0 Å². The molecule has 1 atom stereocenters. The molecule has 1 aromatic rings. The summed E-state index contributed by atoms with van der Waals surface area (Å²) in [7, 11) is 2.13. The molecule has 0 spiro atoms. The van der Waals surface area contributed by atoms with Crippen LogP contribution in [-0.4, -0.2) is 31.1 Å². The van der Waals surface area contributed by atoms with Crippen LogP contribution in [0.4, 0.5) is 8.78 Å². The van der Waals surface area contributed by atoms with E-state index in [9.17, 15) is 8.78 Å². The summed E-state index contributed by atoms with van der Waals surface area (Å²) in [6.45, 7) is 3.90. The van der Waals surface area contributed by atoms with Gasteiger partial charge in [0, 0.05) is 18.2 Å². The van der Waals surface area contributed by atoms with Gasteiger partial charge < -0.3 is 10.2 Å². The summed E-state index contributed by atoms with van der Waals surface area (Å²) in [5.74, 6) is -1.00. The molecular formula is C16H24F2N2. The van der Waals surface area contributed by atoms with Crippen LogP contribution in [-0.2, 0) is 0 Å². The maximum Gasteiger partial charge on any atom is 0.126 e. The Hall–Kier alpha value is -1.00. The van der Waals surface area contributed by atoms with Crippen molar-refractivity contribution in [1.29, 1.82) is 0 Å². The Labute approximate surface area is 120 Å². The predicted molar refractivity (Wildman–Crippen MR) is 77.7 cm³/mol. The minimum atomic E-state index is -0.501. The second-order valence-corrected chi connectivity index (χ2v) is 5.71. The van der Waals surface area contributed by atoms with Gasteiger partial charge >= 0.3 is 0 Å². The van der Waals surface area contributed by atoms with Gasteiger partial charge in [0.1, 0.15) is 11.6 Å².